The van der Waals surface area contributed by atoms with Crippen LogP contribution in [0.4, 0.5) is 17.1 Å². The molecule has 0 unspecified atom stereocenters. The Hall–Kier alpha value is -2.59. The number of carbonyl (C=O) groups is 1. The van der Waals surface area contributed by atoms with Crippen molar-refractivity contribution in [2.24, 2.45) is 0 Å². The first-order valence-electron chi connectivity index (χ1n) is 6.67. The van der Waals surface area contributed by atoms with Gasteiger partial charge in [-0.1, -0.05) is 24.8 Å². The van der Waals surface area contributed by atoms with Crippen molar-refractivity contribution in [1.29, 1.82) is 0 Å². The summed E-state index contributed by atoms with van der Waals surface area (Å²) in [5.74, 6) is -0.213. The third-order valence-corrected chi connectivity index (χ3v) is 2.97. The molecule has 0 fully saturated rings. The zero-order valence-electron chi connectivity index (χ0n) is 12.3. The smallest absolute Gasteiger partial charge is 0.247 e. The number of hydrogen-bond acceptors (Lipinski definition) is 3. The third-order valence-electron chi connectivity index (χ3n) is 2.97. The molecular weight excluding hydrogens is 262 g/mol. The molecule has 108 valence electrons. The van der Waals surface area contributed by atoms with Gasteiger partial charge >= 0.3 is 0 Å². The van der Waals surface area contributed by atoms with Crippen LogP contribution in [0.25, 0.3) is 0 Å². The second kappa shape index (κ2) is 6.72. The maximum atomic E-state index is 11.3. The molecule has 1 amide bonds. The van der Waals surface area contributed by atoms with E-state index in [1.807, 2.05) is 73.7 Å². The highest BCUT2D eigenvalue weighted by atomic mass is 16.1. The minimum absolute atomic E-state index is 0.213. The Morgan fingerprint density at radius 3 is 2.10 bits per heavy atom. The summed E-state index contributed by atoms with van der Waals surface area (Å²) >= 11 is 0. The fraction of sp³-hybridized carbons (Fsp3) is 0.118. The molecule has 21 heavy (non-hydrogen) atoms. The van der Waals surface area contributed by atoms with Gasteiger partial charge in [-0.25, -0.2) is 5.01 Å². The molecule has 2 aromatic rings. The minimum atomic E-state index is -0.213. The van der Waals surface area contributed by atoms with Gasteiger partial charge in [0.15, 0.2) is 0 Å². The van der Waals surface area contributed by atoms with E-state index < -0.39 is 0 Å². The Bertz CT molecular complexity index is 606. The molecule has 0 heterocycles. The first kappa shape index (κ1) is 14.8. The third kappa shape index (κ3) is 3.70. The molecule has 0 radical (unpaired) electrons. The van der Waals surface area contributed by atoms with Gasteiger partial charge in [-0.05, 0) is 42.5 Å². The molecule has 0 spiro atoms. The van der Waals surface area contributed by atoms with Crippen LogP contribution in [0.15, 0.2) is 67.3 Å². The molecule has 0 saturated carbocycles. The quantitative estimate of drug-likeness (QED) is 0.673. The van der Waals surface area contributed by atoms with E-state index in [4.69, 9.17) is 0 Å². The number of nitrogens with one attached hydrogen (secondary N) is 1. The molecule has 0 aliphatic rings. The summed E-state index contributed by atoms with van der Waals surface area (Å²) in [6.07, 6.45) is 1.25. The Morgan fingerprint density at radius 2 is 1.57 bits per heavy atom. The summed E-state index contributed by atoms with van der Waals surface area (Å²) in [4.78, 5) is 11.3. The Labute approximate surface area is 125 Å². The SMILES string of the molecule is C=CC(=O)Nc1ccc(N(c2ccccc2)N(C)C)cc1. The highest BCUT2D eigenvalue weighted by Gasteiger charge is 2.11. The molecule has 0 atom stereocenters. The molecule has 0 aliphatic carbocycles. The summed E-state index contributed by atoms with van der Waals surface area (Å²) in [7, 11) is 3.97. The topological polar surface area (TPSA) is 35.6 Å². The van der Waals surface area contributed by atoms with E-state index in [-0.39, 0.29) is 5.91 Å². The number of hydrogen-bond donors (Lipinski definition) is 1. The van der Waals surface area contributed by atoms with Crippen LogP contribution in [-0.4, -0.2) is 25.0 Å². The van der Waals surface area contributed by atoms with Crippen molar-refractivity contribution in [3.63, 3.8) is 0 Å². The highest BCUT2D eigenvalue weighted by Crippen LogP contribution is 2.27. The number of carbonyl (C=O) groups excluding carboxylic acids is 1. The number of para-hydroxylation sites is 1. The summed E-state index contributed by atoms with van der Waals surface area (Å²) in [5, 5.41) is 6.83. The van der Waals surface area contributed by atoms with Crippen molar-refractivity contribution >= 4 is 23.0 Å². The van der Waals surface area contributed by atoms with Gasteiger partial charge in [0.2, 0.25) is 5.91 Å². The second-order valence-corrected chi connectivity index (χ2v) is 4.73. The number of amides is 1. The monoisotopic (exact) mass is 281 g/mol. The molecule has 2 rings (SSSR count). The number of benzene rings is 2. The van der Waals surface area contributed by atoms with Crippen LogP contribution in [-0.2, 0) is 4.79 Å². The van der Waals surface area contributed by atoms with Crippen molar-refractivity contribution in [3.8, 4) is 0 Å². The normalized spacial score (nSPS) is 10.2. The molecule has 0 aliphatic heterocycles. The van der Waals surface area contributed by atoms with Gasteiger partial charge in [0.25, 0.3) is 0 Å². The summed E-state index contributed by atoms with van der Waals surface area (Å²) in [6.45, 7) is 3.44. The zero-order chi connectivity index (χ0) is 15.2. The molecule has 1 N–H and O–H groups in total. The number of hydrazine groups is 1. The fourth-order valence-electron chi connectivity index (χ4n) is 2.06. The van der Waals surface area contributed by atoms with E-state index in [0.717, 1.165) is 17.1 Å². The molecule has 0 aromatic heterocycles. The average Bonchev–Trinajstić information content (AvgIpc) is 2.50. The van der Waals surface area contributed by atoms with E-state index in [9.17, 15) is 4.79 Å². The van der Waals surface area contributed by atoms with Crippen LogP contribution in [0.1, 0.15) is 0 Å². The maximum Gasteiger partial charge on any atom is 0.247 e. The van der Waals surface area contributed by atoms with Gasteiger partial charge in [0.1, 0.15) is 0 Å². The lowest BCUT2D eigenvalue weighted by Gasteiger charge is -2.31. The lowest BCUT2D eigenvalue weighted by atomic mass is 10.2. The summed E-state index contributed by atoms with van der Waals surface area (Å²) in [6, 6.07) is 17.8. The van der Waals surface area contributed by atoms with Crippen LogP contribution in [0.5, 0.6) is 0 Å². The number of rotatable bonds is 5. The Morgan fingerprint density at radius 1 is 1.00 bits per heavy atom. The molecular formula is C17H19N3O. The van der Waals surface area contributed by atoms with Crippen LogP contribution in [0.3, 0.4) is 0 Å². The van der Waals surface area contributed by atoms with Crippen molar-refractivity contribution in [1.82, 2.24) is 5.01 Å². The Kier molecular flexibility index (Phi) is 4.74. The lowest BCUT2D eigenvalue weighted by molar-refractivity contribution is -0.111. The molecule has 4 nitrogen and oxygen atoms in total. The van der Waals surface area contributed by atoms with E-state index in [2.05, 4.69) is 16.9 Å². The van der Waals surface area contributed by atoms with Gasteiger partial charge in [-0.2, -0.15) is 0 Å². The largest absolute Gasteiger partial charge is 0.323 e. The standard InChI is InChI=1S/C17H19N3O/c1-4-17(21)18-14-10-12-16(13-11-14)20(19(2)3)15-8-6-5-7-9-15/h4-13H,1H2,2-3H3,(H,18,21). The van der Waals surface area contributed by atoms with E-state index in [1.165, 1.54) is 6.08 Å². The highest BCUT2D eigenvalue weighted by molar-refractivity contribution is 5.98. The van der Waals surface area contributed by atoms with Crippen molar-refractivity contribution < 1.29 is 4.79 Å². The zero-order valence-corrected chi connectivity index (χ0v) is 12.3. The maximum absolute atomic E-state index is 11.3. The van der Waals surface area contributed by atoms with Crippen LogP contribution >= 0.6 is 0 Å². The first-order valence-corrected chi connectivity index (χ1v) is 6.67. The summed E-state index contributed by atoms with van der Waals surface area (Å²) < 4.78 is 0. The van der Waals surface area contributed by atoms with Gasteiger partial charge in [-0.3, -0.25) is 9.80 Å². The Balaban J connectivity index is 2.26. The van der Waals surface area contributed by atoms with Gasteiger partial charge < -0.3 is 5.32 Å². The molecule has 4 heteroatoms. The predicted molar refractivity (Wildman–Crippen MR) is 87.5 cm³/mol. The molecule has 2 aromatic carbocycles. The number of anilines is 3. The van der Waals surface area contributed by atoms with Crippen molar-refractivity contribution in [3.05, 3.63) is 67.3 Å². The van der Waals surface area contributed by atoms with Crippen molar-refractivity contribution in [2.75, 3.05) is 24.4 Å². The average molecular weight is 281 g/mol. The minimum Gasteiger partial charge on any atom is -0.323 e. The van der Waals surface area contributed by atoms with Gasteiger partial charge in [0.05, 0.1) is 11.4 Å². The van der Waals surface area contributed by atoms with Crippen molar-refractivity contribution in [2.45, 2.75) is 0 Å². The number of nitrogens with zero attached hydrogens (tertiary/aromatic N) is 2. The fourth-order valence-corrected chi connectivity index (χ4v) is 2.06. The van der Waals surface area contributed by atoms with E-state index in [0.29, 0.717) is 0 Å². The van der Waals surface area contributed by atoms with E-state index in [1.54, 1.807) is 0 Å². The van der Waals surface area contributed by atoms with Crippen LogP contribution in [0.2, 0.25) is 0 Å². The summed E-state index contributed by atoms with van der Waals surface area (Å²) in [5.41, 5.74) is 2.84. The molecule has 0 saturated heterocycles. The first-order chi connectivity index (χ1) is 10.1. The molecule has 0 bridgehead atoms. The van der Waals surface area contributed by atoms with E-state index >= 15 is 0 Å². The second-order valence-electron chi connectivity index (χ2n) is 4.73. The lowest BCUT2D eigenvalue weighted by Crippen LogP contribution is -2.32. The predicted octanol–water partition coefficient (Wildman–Crippen LogP) is 3.43. The van der Waals surface area contributed by atoms with Crippen LogP contribution in [0, 0.1) is 0 Å². The van der Waals surface area contributed by atoms with Gasteiger partial charge in [-0.15, -0.1) is 0 Å². The van der Waals surface area contributed by atoms with Crippen LogP contribution < -0.4 is 10.3 Å². The van der Waals surface area contributed by atoms with Gasteiger partial charge in [0, 0.05) is 19.8 Å².